The fourth-order valence-electron chi connectivity index (χ4n) is 2.89. The topological polar surface area (TPSA) is 44.4 Å². The second-order valence-corrected chi connectivity index (χ2v) is 5.39. The molecule has 0 aromatic carbocycles. The first-order valence-electron chi connectivity index (χ1n) is 6.00. The molecule has 2 atom stereocenters. The number of hydrazine groups is 1. The summed E-state index contributed by atoms with van der Waals surface area (Å²) >= 11 is 0. The lowest BCUT2D eigenvalue weighted by Gasteiger charge is -2.29. The van der Waals surface area contributed by atoms with Crippen LogP contribution in [0.4, 0.5) is 0 Å². The van der Waals surface area contributed by atoms with Gasteiger partial charge in [0, 0.05) is 18.5 Å². The van der Waals surface area contributed by atoms with Crippen molar-refractivity contribution in [3.05, 3.63) is 0 Å². The molecule has 3 fully saturated rings. The van der Waals surface area contributed by atoms with Gasteiger partial charge >= 0.3 is 0 Å². The molecule has 4 nitrogen and oxygen atoms in total. The average Bonchev–Trinajstić information content (AvgIpc) is 2.84. The summed E-state index contributed by atoms with van der Waals surface area (Å²) in [5.41, 5.74) is 3.52. The molecule has 15 heavy (non-hydrogen) atoms. The number of hydrogen-bond acceptors (Lipinski definition) is 3. The van der Waals surface area contributed by atoms with Crippen molar-refractivity contribution < 1.29 is 4.79 Å². The molecule has 1 aliphatic carbocycles. The van der Waals surface area contributed by atoms with Crippen LogP contribution in [0.5, 0.6) is 0 Å². The molecule has 1 amide bonds. The molecule has 0 aromatic rings. The molecule has 3 rings (SSSR count). The SMILES string of the molecule is CC1(C2CC2)CC(=O)N(C2CCNC2)N1. The first-order chi connectivity index (χ1) is 7.19. The van der Waals surface area contributed by atoms with Gasteiger partial charge in [-0.2, -0.15) is 0 Å². The molecule has 0 aromatic heterocycles. The molecule has 0 bridgehead atoms. The van der Waals surface area contributed by atoms with Crippen LogP contribution in [-0.2, 0) is 4.79 Å². The highest BCUT2D eigenvalue weighted by Crippen LogP contribution is 2.44. The van der Waals surface area contributed by atoms with E-state index >= 15 is 0 Å². The van der Waals surface area contributed by atoms with Crippen LogP contribution >= 0.6 is 0 Å². The fraction of sp³-hybridized carbons (Fsp3) is 0.909. The van der Waals surface area contributed by atoms with Crippen LogP contribution in [-0.4, -0.2) is 35.6 Å². The molecule has 84 valence electrons. The van der Waals surface area contributed by atoms with E-state index in [0.717, 1.165) is 25.4 Å². The minimum absolute atomic E-state index is 0.0552. The van der Waals surface area contributed by atoms with Crippen molar-refractivity contribution in [3.8, 4) is 0 Å². The van der Waals surface area contributed by atoms with Gasteiger partial charge in [-0.1, -0.05) is 0 Å². The molecule has 0 radical (unpaired) electrons. The Morgan fingerprint density at radius 3 is 2.80 bits per heavy atom. The summed E-state index contributed by atoms with van der Waals surface area (Å²) in [6.07, 6.45) is 4.34. The van der Waals surface area contributed by atoms with Gasteiger partial charge in [-0.3, -0.25) is 9.80 Å². The molecule has 3 aliphatic rings. The lowest BCUT2D eigenvalue weighted by atomic mass is 9.94. The van der Waals surface area contributed by atoms with Crippen LogP contribution in [0.15, 0.2) is 0 Å². The number of nitrogens with zero attached hydrogens (tertiary/aromatic N) is 1. The summed E-state index contributed by atoms with van der Waals surface area (Å²) in [6.45, 7) is 4.18. The Labute approximate surface area is 90.4 Å². The Hall–Kier alpha value is -0.610. The molecule has 2 aliphatic heterocycles. The molecule has 2 unspecified atom stereocenters. The maximum atomic E-state index is 11.9. The Kier molecular flexibility index (Phi) is 2.04. The number of carbonyl (C=O) groups excluding carboxylic acids is 1. The van der Waals surface area contributed by atoms with Gasteiger partial charge in [-0.25, -0.2) is 5.43 Å². The highest BCUT2D eigenvalue weighted by Gasteiger charge is 2.50. The lowest BCUT2D eigenvalue weighted by molar-refractivity contribution is -0.131. The number of amides is 1. The van der Waals surface area contributed by atoms with Crippen LogP contribution < -0.4 is 10.7 Å². The zero-order valence-electron chi connectivity index (χ0n) is 9.25. The Morgan fingerprint density at radius 1 is 1.40 bits per heavy atom. The van der Waals surface area contributed by atoms with Gasteiger partial charge < -0.3 is 5.32 Å². The van der Waals surface area contributed by atoms with E-state index in [2.05, 4.69) is 17.7 Å². The van der Waals surface area contributed by atoms with Gasteiger partial charge in [-0.05, 0) is 38.6 Å². The van der Waals surface area contributed by atoms with E-state index in [-0.39, 0.29) is 11.4 Å². The van der Waals surface area contributed by atoms with Crippen LogP contribution in [0.2, 0.25) is 0 Å². The molecule has 0 spiro atoms. The third-order valence-corrected chi connectivity index (χ3v) is 4.04. The fourth-order valence-corrected chi connectivity index (χ4v) is 2.89. The monoisotopic (exact) mass is 209 g/mol. The number of rotatable bonds is 2. The van der Waals surface area contributed by atoms with Crippen LogP contribution in [0.3, 0.4) is 0 Å². The molecule has 2 saturated heterocycles. The smallest absolute Gasteiger partial charge is 0.238 e. The van der Waals surface area contributed by atoms with Crippen molar-refractivity contribution in [2.75, 3.05) is 13.1 Å². The predicted molar refractivity (Wildman–Crippen MR) is 57.0 cm³/mol. The second kappa shape index (κ2) is 3.19. The Balaban J connectivity index is 1.72. The highest BCUT2D eigenvalue weighted by molar-refractivity contribution is 5.79. The first kappa shape index (κ1) is 9.60. The summed E-state index contributed by atoms with van der Waals surface area (Å²) in [5, 5.41) is 5.21. The zero-order chi connectivity index (χ0) is 10.5. The molecule has 2 heterocycles. The summed E-state index contributed by atoms with van der Waals surface area (Å²) in [4.78, 5) is 11.9. The van der Waals surface area contributed by atoms with Crippen molar-refractivity contribution in [1.82, 2.24) is 15.8 Å². The van der Waals surface area contributed by atoms with E-state index in [0.29, 0.717) is 12.5 Å². The summed E-state index contributed by atoms with van der Waals surface area (Å²) in [5.74, 6) is 1.01. The van der Waals surface area contributed by atoms with E-state index in [1.165, 1.54) is 12.8 Å². The van der Waals surface area contributed by atoms with Gasteiger partial charge in [0.2, 0.25) is 5.91 Å². The normalized spacial score (nSPS) is 41.5. The van der Waals surface area contributed by atoms with E-state index in [1.54, 1.807) is 0 Å². The van der Waals surface area contributed by atoms with Crippen LogP contribution in [0.25, 0.3) is 0 Å². The number of nitrogens with one attached hydrogen (secondary N) is 2. The van der Waals surface area contributed by atoms with Gasteiger partial charge in [0.1, 0.15) is 0 Å². The van der Waals surface area contributed by atoms with Crippen molar-refractivity contribution >= 4 is 5.91 Å². The van der Waals surface area contributed by atoms with Gasteiger partial charge in [0.15, 0.2) is 0 Å². The van der Waals surface area contributed by atoms with Crippen molar-refractivity contribution in [2.45, 2.75) is 44.2 Å². The standard InChI is InChI=1S/C11H19N3O/c1-11(8-2-3-8)6-10(15)14(13-11)9-4-5-12-7-9/h8-9,12-13H,2-7H2,1H3. The lowest BCUT2D eigenvalue weighted by Crippen LogP contribution is -2.50. The second-order valence-electron chi connectivity index (χ2n) is 5.39. The van der Waals surface area contributed by atoms with Crippen LogP contribution in [0, 0.1) is 5.92 Å². The average molecular weight is 209 g/mol. The highest BCUT2D eigenvalue weighted by atomic mass is 16.2. The predicted octanol–water partition coefficient (Wildman–Crippen LogP) is 0.254. The van der Waals surface area contributed by atoms with Crippen molar-refractivity contribution in [3.63, 3.8) is 0 Å². The Morgan fingerprint density at radius 2 is 2.20 bits per heavy atom. The zero-order valence-corrected chi connectivity index (χ0v) is 9.25. The third-order valence-electron chi connectivity index (χ3n) is 4.04. The minimum Gasteiger partial charge on any atom is -0.315 e. The summed E-state index contributed by atoms with van der Waals surface area (Å²) < 4.78 is 0. The molecular weight excluding hydrogens is 190 g/mol. The summed E-state index contributed by atoms with van der Waals surface area (Å²) in [7, 11) is 0. The van der Waals surface area contributed by atoms with Gasteiger partial charge in [0.05, 0.1) is 6.04 Å². The third kappa shape index (κ3) is 1.56. The Bertz CT molecular complexity index is 284. The van der Waals surface area contributed by atoms with Crippen molar-refractivity contribution in [1.29, 1.82) is 0 Å². The summed E-state index contributed by atoms with van der Waals surface area (Å²) in [6, 6.07) is 0.373. The molecular formula is C11H19N3O. The maximum Gasteiger partial charge on any atom is 0.238 e. The molecule has 4 heteroatoms. The van der Waals surface area contributed by atoms with Gasteiger partial charge in [-0.15, -0.1) is 0 Å². The van der Waals surface area contributed by atoms with Gasteiger partial charge in [0.25, 0.3) is 0 Å². The number of hydrogen-bond donors (Lipinski definition) is 2. The van der Waals surface area contributed by atoms with Crippen molar-refractivity contribution in [2.24, 2.45) is 5.92 Å². The molecule has 2 N–H and O–H groups in total. The van der Waals surface area contributed by atoms with E-state index in [4.69, 9.17) is 0 Å². The first-order valence-corrected chi connectivity index (χ1v) is 6.00. The quantitative estimate of drug-likeness (QED) is 0.685. The van der Waals surface area contributed by atoms with Crippen LogP contribution in [0.1, 0.15) is 32.6 Å². The maximum absolute atomic E-state index is 11.9. The molecule has 1 saturated carbocycles. The van der Waals surface area contributed by atoms with E-state index in [9.17, 15) is 4.79 Å². The largest absolute Gasteiger partial charge is 0.315 e. The van der Waals surface area contributed by atoms with E-state index in [1.807, 2.05) is 5.01 Å². The number of carbonyl (C=O) groups is 1. The minimum atomic E-state index is 0.0552. The van der Waals surface area contributed by atoms with E-state index < -0.39 is 0 Å².